The van der Waals surface area contributed by atoms with Crippen LogP contribution >= 0.6 is 0 Å². The lowest BCUT2D eigenvalue weighted by Gasteiger charge is -2.17. The quantitative estimate of drug-likeness (QED) is 0.621. The first kappa shape index (κ1) is 18.3. The molecule has 24 heavy (non-hydrogen) atoms. The number of amides is 1. The zero-order valence-electron chi connectivity index (χ0n) is 15.1. The van der Waals surface area contributed by atoms with Crippen molar-refractivity contribution in [3.63, 3.8) is 0 Å². The summed E-state index contributed by atoms with van der Waals surface area (Å²) in [5.41, 5.74) is 2.58. The van der Waals surface area contributed by atoms with Gasteiger partial charge in [-0.2, -0.15) is 0 Å². The lowest BCUT2D eigenvalue weighted by molar-refractivity contribution is -0.128. The topological polar surface area (TPSA) is 56.7 Å². The Morgan fingerprint density at radius 3 is 2.50 bits per heavy atom. The van der Waals surface area contributed by atoms with Crippen LogP contribution in [-0.2, 0) is 4.79 Å². The lowest BCUT2D eigenvalue weighted by atomic mass is 10.0. The third-order valence-electron chi connectivity index (χ3n) is 4.40. The molecule has 1 saturated heterocycles. The predicted octanol–water partition coefficient (Wildman–Crippen LogP) is 2.28. The largest absolute Gasteiger partial charge is 0.357 e. The molecule has 5 nitrogen and oxygen atoms in total. The van der Waals surface area contributed by atoms with E-state index in [-0.39, 0.29) is 12.5 Å². The Labute approximate surface area is 145 Å². The second-order valence-electron chi connectivity index (χ2n) is 6.48. The van der Waals surface area contributed by atoms with Crippen molar-refractivity contribution in [2.24, 2.45) is 4.99 Å². The molecule has 5 heteroatoms. The smallest absolute Gasteiger partial charge is 0.244 e. The lowest BCUT2D eigenvalue weighted by Crippen LogP contribution is -2.40. The van der Waals surface area contributed by atoms with E-state index >= 15 is 0 Å². The van der Waals surface area contributed by atoms with E-state index in [9.17, 15) is 4.79 Å². The number of nitrogens with one attached hydrogen (secondary N) is 2. The van der Waals surface area contributed by atoms with E-state index in [1.54, 1.807) is 0 Å². The van der Waals surface area contributed by atoms with Crippen LogP contribution in [0.25, 0.3) is 0 Å². The summed E-state index contributed by atoms with van der Waals surface area (Å²) in [6, 6.07) is 8.62. The summed E-state index contributed by atoms with van der Waals surface area (Å²) in [5.74, 6) is 1.21. The van der Waals surface area contributed by atoms with Crippen molar-refractivity contribution in [1.82, 2.24) is 15.5 Å². The fraction of sp³-hybridized carbons (Fsp3) is 0.579. The average molecular weight is 330 g/mol. The van der Waals surface area contributed by atoms with Gasteiger partial charge in [-0.3, -0.25) is 4.79 Å². The van der Waals surface area contributed by atoms with E-state index in [4.69, 9.17) is 0 Å². The first-order valence-corrected chi connectivity index (χ1v) is 8.96. The van der Waals surface area contributed by atoms with Gasteiger partial charge in [0.25, 0.3) is 0 Å². The Bertz CT molecular complexity index is 547. The number of nitrogens with zero attached hydrogens (tertiary/aromatic N) is 2. The second kappa shape index (κ2) is 9.30. The summed E-state index contributed by atoms with van der Waals surface area (Å²) in [7, 11) is 0. The van der Waals surface area contributed by atoms with E-state index in [1.807, 2.05) is 11.8 Å². The van der Waals surface area contributed by atoms with Crippen molar-refractivity contribution < 1.29 is 4.79 Å². The standard InChI is InChI=1S/C19H30N4O/c1-4-20-19(22-14-18(24)23-11-5-6-12-23)21-13-16(3)17-9-7-15(2)8-10-17/h7-10,16H,4-6,11-14H2,1-3H3,(H2,20,21,22). The third-order valence-corrected chi connectivity index (χ3v) is 4.40. The molecule has 1 aliphatic heterocycles. The fourth-order valence-electron chi connectivity index (χ4n) is 2.82. The van der Waals surface area contributed by atoms with Crippen LogP contribution in [0.5, 0.6) is 0 Å². The van der Waals surface area contributed by atoms with Crippen LogP contribution < -0.4 is 10.6 Å². The van der Waals surface area contributed by atoms with Crippen molar-refractivity contribution in [1.29, 1.82) is 0 Å². The summed E-state index contributed by atoms with van der Waals surface area (Å²) < 4.78 is 0. The van der Waals surface area contributed by atoms with Gasteiger partial charge in [0.1, 0.15) is 6.54 Å². The van der Waals surface area contributed by atoms with Crippen LogP contribution in [0.2, 0.25) is 0 Å². The highest BCUT2D eigenvalue weighted by Crippen LogP contribution is 2.14. The monoisotopic (exact) mass is 330 g/mol. The molecule has 1 atom stereocenters. The summed E-state index contributed by atoms with van der Waals surface area (Å²) in [5, 5.41) is 6.56. The number of aryl methyl sites for hydroxylation is 1. The summed E-state index contributed by atoms with van der Waals surface area (Å²) >= 11 is 0. The molecule has 1 heterocycles. The predicted molar refractivity (Wildman–Crippen MR) is 99.4 cm³/mol. The van der Waals surface area contributed by atoms with Gasteiger partial charge in [0.15, 0.2) is 5.96 Å². The minimum absolute atomic E-state index is 0.122. The minimum Gasteiger partial charge on any atom is -0.357 e. The van der Waals surface area contributed by atoms with Crippen molar-refractivity contribution in [3.8, 4) is 0 Å². The molecule has 1 amide bonds. The maximum atomic E-state index is 12.1. The molecule has 1 aromatic carbocycles. The fourth-order valence-corrected chi connectivity index (χ4v) is 2.82. The van der Waals surface area contributed by atoms with Gasteiger partial charge in [-0.25, -0.2) is 4.99 Å². The Balaban J connectivity index is 1.86. The van der Waals surface area contributed by atoms with Gasteiger partial charge in [0, 0.05) is 26.2 Å². The molecule has 1 fully saturated rings. The van der Waals surface area contributed by atoms with Gasteiger partial charge in [-0.15, -0.1) is 0 Å². The number of guanidine groups is 1. The van der Waals surface area contributed by atoms with Gasteiger partial charge in [0.2, 0.25) is 5.91 Å². The van der Waals surface area contributed by atoms with E-state index in [0.717, 1.165) is 39.0 Å². The maximum Gasteiger partial charge on any atom is 0.244 e. The highest BCUT2D eigenvalue weighted by Gasteiger charge is 2.17. The Morgan fingerprint density at radius 2 is 1.88 bits per heavy atom. The highest BCUT2D eigenvalue weighted by atomic mass is 16.2. The molecule has 1 unspecified atom stereocenters. The summed E-state index contributed by atoms with van der Waals surface area (Å²) in [6.07, 6.45) is 2.23. The molecule has 1 aromatic rings. The van der Waals surface area contributed by atoms with Crippen LogP contribution in [0.3, 0.4) is 0 Å². The van der Waals surface area contributed by atoms with Crippen LogP contribution in [0.15, 0.2) is 29.3 Å². The van der Waals surface area contributed by atoms with E-state index in [0.29, 0.717) is 11.9 Å². The van der Waals surface area contributed by atoms with Crippen LogP contribution in [-0.4, -0.2) is 49.5 Å². The van der Waals surface area contributed by atoms with E-state index in [2.05, 4.69) is 53.7 Å². The molecule has 0 saturated carbocycles. The molecule has 0 spiro atoms. The molecule has 1 aliphatic rings. The van der Waals surface area contributed by atoms with Gasteiger partial charge in [-0.1, -0.05) is 36.8 Å². The van der Waals surface area contributed by atoms with Crippen LogP contribution in [0.4, 0.5) is 0 Å². The van der Waals surface area contributed by atoms with Crippen molar-refractivity contribution in [2.45, 2.75) is 39.5 Å². The van der Waals surface area contributed by atoms with Gasteiger partial charge in [-0.05, 0) is 38.2 Å². The number of rotatable bonds is 6. The first-order chi connectivity index (χ1) is 11.6. The molecule has 0 bridgehead atoms. The second-order valence-corrected chi connectivity index (χ2v) is 6.48. The summed E-state index contributed by atoms with van der Waals surface area (Å²) in [6.45, 7) is 9.86. The number of hydrogen-bond acceptors (Lipinski definition) is 2. The van der Waals surface area contributed by atoms with Gasteiger partial charge in [0.05, 0.1) is 0 Å². The zero-order valence-corrected chi connectivity index (χ0v) is 15.1. The number of carbonyl (C=O) groups excluding carboxylic acids is 1. The van der Waals surface area contributed by atoms with Crippen LogP contribution in [0, 0.1) is 6.92 Å². The molecule has 2 rings (SSSR count). The third kappa shape index (κ3) is 5.55. The Kier molecular flexibility index (Phi) is 7.09. The van der Waals surface area contributed by atoms with Gasteiger partial charge < -0.3 is 15.5 Å². The van der Waals surface area contributed by atoms with E-state index < -0.39 is 0 Å². The van der Waals surface area contributed by atoms with E-state index in [1.165, 1.54) is 11.1 Å². The number of benzene rings is 1. The Morgan fingerprint density at radius 1 is 1.21 bits per heavy atom. The molecule has 0 radical (unpaired) electrons. The summed E-state index contributed by atoms with van der Waals surface area (Å²) in [4.78, 5) is 18.5. The molecule has 0 aliphatic carbocycles. The normalized spacial score (nSPS) is 16.1. The molecule has 2 N–H and O–H groups in total. The molecular weight excluding hydrogens is 300 g/mol. The number of likely N-dealkylation sites (tertiary alicyclic amines) is 1. The highest BCUT2D eigenvalue weighted by molar-refractivity contribution is 5.85. The average Bonchev–Trinajstić information content (AvgIpc) is 3.12. The van der Waals surface area contributed by atoms with Crippen molar-refractivity contribution in [3.05, 3.63) is 35.4 Å². The molecule has 132 valence electrons. The van der Waals surface area contributed by atoms with Crippen molar-refractivity contribution >= 4 is 11.9 Å². The van der Waals surface area contributed by atoms with Crippen molar-refractivity contribution in [2.75, 3.05) is 32.7 Å². The number of aliphatic imine (C=N–C) groups is 1. The Hall–Kier alpha value is -2.04. The molecular formula is C19H30N4O. The number of carbonyl (C=O) groups is 1. The zero-order chi connectivity index (χ0) is 17.4. The minimum atomic E-state index is 0.122. The SMILES string of the molecule is CCNC(=NCC(=O)N1CCCC1)NCC(C)c1ccc(C)cc1. The number of hydrogen-bond donors (Lipinski definition) is 2. The van der Waals surface area contributed by atoms with Crippen LogP contribution in [0.1, 0.15) is 43.7 Å². The maximum absolute atomic E-state index is 12.1. The molecule has 0 aromatic heterocycles. The van der Waals surface area contributed by atoms with Gasteiger partial charge >= 0.3 is 0 Å². The first-order valence-electron chi connectivity index (χ1n) is 8.96.